The number of aryl methyl sites for hydroxylation is 1. The molecule has 3 heteroatoms. The number of aldehydes is 1. The number of phenols is 1. The molecule has 0 aromatic heterocycles. The van der Waals surface area contributed by atoms with Crippen LogP contribution in [0.3, 0.4) is 0 Å². The third kappa shape index (κ3) is 6.30. The summed E-state index contributed by atoms with van der Waals surface area (Å²) in [6.07, 6.45) is 7.50. The van der Waals surface area contributed by atoms with Crippen LogP contribution in [0, 0.1) is 0 Å². The zero-order chi connectivity index (χ0) is 15.5. The standard InChI is InChI=1S/C18H29NO2/c1-3-5-12-19(13-6-4-2)14-8-11-16-9-7-10-17(15-20)18(16)21/h7,9-10,15,21H,3-6,8,11-14H2,1-2H3. The third-order valence-corrected chi connectivity index (χ3v) is 3.85. The molecule has 0 bridgehead atoms. The van der Waals surface area contributed by atoms with Gasteiger partial charge in [-0.05, 0) is 56.9 Å². The number of carbonyl (C=O) groups is 1. The molecule has 1 rings (SSSR count). The van der Waals surface area contributed by atoms with Crippen molar-refractivity contribution in [2.45, 2.75) is 52.4 Å². The summed E-state index contributed by atoms with van der Waals surface area (Å²) in [4.78, 5) is 13.4. The van der Waals surface area contributed by atoms with Crippen LogP contribution in [-0.4, -0.2) is 35.9 Å². The number of phenolic OH excluding ortho intramolecular Hbond substituents is 1. The number of unbranched alkanes of at least 4 members (excludes halogenated alkanes) is 2. The lowest BCUT2D eigenvalue weighted by molar-refractivity contribution is 0.112. The van der Waals surface area contributed by atoms with Crippen LogP contribution in [-0.2, 0) is 6.42 Å². The van der Waals surface area contributed by atoms with Crippen LogP contribution < -0.4 is 0 Å². The zero-order valence-corrected chi connectivity index (χ0v) is 13.5. The lowest BCUT2D eigenvalue weighted by Gasteiger charge is -2.22. The molecule has 1 aromatic rings. The van der Waals surface area contributed by atoms with E-state index in [0.29, 0.717) is 11.8 Å². The first-order valence-electron chi connectivity index (χ1n) is 8.21. The lowest BCUT2D eigenvalue weighted by Crippen LogP contribution is -2.27. The highest BCUT2D eigenvalue weighted by Gasteiger charge is 2.08. The Morgan fingerprint density at radius 3 is 2.24 bits per heavy atom. The summed E-state index contributed by atoms with van der Waals surface area (Å²) in [7, 11) is 0. The number of carbonyl (C=O) groups excluding carboxylic acids is 1. The number of nitrogens with zero attached hydrogens (tertiary/aromatic N) is 1. The van der Waals surface area contributed by atoms with Crippen molar-refractivity contribution >= 4 is 6.29 Å². The van der Waals surface area contributed by atoms with E-state index in [9.17, 15) is 9.90 Å². The van der Waals surface area contributed by atoms with Gasteiger partial charge >= 0.3 is 0 Å². The topological polar surface area (TPSA) is 40.5 Å². The van der Waals surface area contributed by atoms with Crippen molar-refractivity contribution in [2.75, 3.05) is 19.6 Å². The average molecular weight is 291 g/mol. The van der Waals surface area contributed by atoms with Crippen molar-refractivity contribution in [1.82, 2.24) is 4.90 Å². The zero-order valence-electron chi connectivity index (χ0n) is 13.5. The van der Waals surface area contributed by atoms with Gasteiger partial charge in [-0.25, -0.2) is 0 Å². The smallest absolute Gasteiger partial charge is 0.153 e. The number of hydrogen-bond acceptors (Lipinski definition) is 3. The molecule has 0 saturated carbocycles. The largest absolute Gasteiger partial charge is 0.507 e. The van der Waals surface area contributed by atoms with Gasteiger partial charge in [0.2, 0.25) is 0 Å². The Morgan fingerprint density at radius 2 is 1.67 bits per heavy atom. The summed E-state index contributed by atoms with van der Waals surface area (Å²) < 4.78 is 0. The molecule has 0 heterocycles. The Hall–Kier alpha value is -1.35. The lowest BCUT2D eigenvalue weighted by atomic mass is 10.0. The molecular formula is C18H29NO2. The Labute approximate surface area is 129 Å². The highest BCUT2D eigenvalue weighted by molar-refractivity contribution is 5.79. The summed E-state index contributed by atoms with van der Waals surface area (Å²) in [6, 6.07) is 5.40. The highest BCUT2D eigenvalue weighted by atomic mass is 16.3. The first kappa shape index (κ1) is 17.7. The molecule has 1 aromatic carbocycles. The van der Waals surface area contributed by atoms with E-state index in [-0.39, 0.29) is 5.75 Å². The highest BCUT2D eigenvalue weighted by Crippen LogP contribution is 2.22. The van der Waals surface area contributed by atoms with E-state index < -0.39 is 0 Å². The van der Waals surface area contributed by atoms with Gasteiger partial charge in [-0.1, -0.05) is 38.8 Å². The molecule has 21 heavy (non-hydrogen) atoms. The first-order valence-corrected chi connectivity index (χ1v) is 8.21. The maximum absolute atomic E-state index is 10.8. The summed E-state index contributed by atoms with van der Waals surface area (Å²) in [5.74, 6) is 0.154. The second-order valence-electron chi connectivity index (χ2n) is 5.63. The van der Waals surface area contributed by atoms with Crippen molar-refractivity contribution < 1.29 is 9.90 Å². The van der Waals surface area contributed by atoms with Gasteiger partial charge in [0.25, 0.3) is 0 Å². The Bertz CT molecular complexity index is 410. The molecule has 0 fully saturated rings. The van der Waals surface area contributed by atoms with Gasteiger partial charge in [-0.3, -0.25) is 4.79 Å². The molecule has 0 amide bonds. The maximum Gasteiger partial charge on any atom is 0.153 e. The normalized spacial score (nSPS) is 11.0. The number of aromatic hydroxyl groups is 1. The van der Waals surface area contributed by atoms with E-state index in [2.05, 4.69) is 18.7 Å². The second kappa shape index (κ2) is 10.4. The summed E-state index contributed by atoms with van der Waals surface area (Å²) in [5.41, 5.74) is 1.27. The predicted molar refractivity (Wildman–Crippen MR) is 88.1 cm³/mol. The molecule has 3 nitrogen and oxygen atoms in total. The van der Waals surface area contributed by atoms with Crippen LogP contribution in [0.25, 0.3) is 0 Å². The molecule has 0 aliphatic heterocycles. The average Bonchev–Trinajstić information content (AvgIpc) is 2.51. The number of para-hydroxylation sites is 1. The van der Waals surface area contributed by atoms with Crippen molar-refractivity contribution in [3.8, 4) is 5.75 Å². The predicted octanol–water partition coefficient (Wildman–Crippen LogP) is 4.04. The fourth-order valence-corrected chi connectivity index (χ4v) is 2.50. The molecule has 0 aliphatic carbocycles. The van der Waals surface area contributed by atoms with E-state index in [1.54, 1.807) is 6.07 Å². The van der Waals surface area contributed by atoms with Crippen LogP contribution >= 0.6 is 0 Å². The van der Waals surface area contributed by atoms with Crippen molar-refractivity contribution in [1.29, 1.82) is 0 Å². The van der Waals surface area contributed by atoms with Gasteiger partial charge in [-0.15, -0.1) is 0 Å². The van der Waals surface area contributed by atoms with Gasteiger partial charge in [0, 0.05) is 0 Å². The van der Waals surface area contributed by atoms with Crippen LogP contribution in [0.1, 0.15) is 61.9 Å². The quantitative estimate of drug-likeness (QED) is 0.626. The molecule has 0 spiro atoms. The molecule has 0 aliphatic rings. The van der Waals surface area contributed by atoms with Crippen LogP contribution in [0.4, 0.5) is 0 Å². The van der Waals surface area contributed by atoms with Gasteiger partial charge in [0.1, 0.15) is 5.75 Å². The molecule has 0 unspecified atom stereocenters. The van der Waals surface area contributed by atoms with Crippen molar-refractivity contribution in [2.24, 2.45) is 0 Å². The number of benzene rings is 1. The van der Waals surface area contributed by atoms with E-state index >= 15 is 0 Å². The molecule has 118 valence electrons. The summed E-state index contributed by atoms with van der Waals surface area (Å²) >= 11 is 0. The van der Waals surface area contributed by atoms with Gasteiger partial charge < -0.3 is 10.0 Å². The third-order valence-electron chi connectivity index (χ3n) is 3.85. The Balaban J connectivity index is 2.47. The van der Waals surface area contributed by atoms with E-state index in [1.807, 2.05) is 12.1 Å². The summed E-state index contributed by atoms with van der Waals surface area (Å²) in [5, 5.41) is 9.99. The van der Waals surface area contributed by atoms with Crippen LogP contribution in [0.5, 0.6) is 5.75 Å². The number of hydrogen-bond donors (Lipinski definition) is 1. The van der Waals surface area contributed by atoms with Gasteiger partial charge in [0.15, 0.2) is 6.29 Å². The molecule has 0 saturated heterocycles. The van der Waals surface area contributed by atoms with Crippen LogP contribution in [0.15, 0.2) is 18.2 Å². The van der Waals surface area contributed by atoms with Crippen LogP contribution in [0.2, 0.25) is 0 Å². The van der Waals surface area contributed by atoms with E-state index in [1.165, 1.54) is 25.7 Å². The van der Waals surface area contributed by atoms with E-state index in [0.717, 1.165) is 38.0 Å². The molecule has 0 radical (unpaired) electrons. The minimum absolute atomic E-state index is 0.154. The Morgan fingerprint density at radius 1 is 1.05 bits per heavy atom. The minimum atomic E-state index is 0.154. The second-order valence-corrected chi connectivity index (χ2v) is 5.63. The maximum atomic E-state index is 10.8. The minimum Gasteiger partial charge on any atom is -0.507 e. The number of rotatable bonds is 11. The van der Waals surface area contributed by atoms with Crippen molar-refractivity contribution in [3.05, 3.63) is 29.3 Å². The first-order chi connectivity index (χ1) is 10.2. The van der Waals surface area contributed by atoms with Gasteiger partial charge in [0.05, 0.1) is 5.56 Å². The van der Waals surface area contributed by atoms with Crippen molar-refractivity contribution in [3.63, 3.8) is 0 Å². The fraction of sp³-hybridized carbons (Fsp3) is 0.611. The molecule has 0 atom stereocenters. The van der Waals surface area contributed by atoms with Gasteiger partial charge in [-0.2, -0.15) is 0 Å². The fourth-order valence-electron chi connectivity index (χ4n) is 2.50. The van der Waals surface area contributed by atoms with E-state index in [4.69, 9.17) is 0 Å². The molecule has 1 N–H and O–H groups in total. The summed E-state index contributed by atoms with van der Waals surface area (Å²) in [6.45, 7) is 7.83. The Kier molecular flexibility index (Phi) is 8.76. The molecular weight excluding hydrogens is 262 g/mol. The monoisotopic (exact) mass is 291 g/mol. The SMILES string of the molecule is CCCCN(CCCC)CCCc1cccc(C=O)c1O.